The lowest BCUT2D eigenvalue weighted by Crippen LogP contribution is -2.14. The Morgan fingerprint density at radius 2 is 1.83 bits per heavy atom. The average molecular weight is 401 g/mol. The zero-order valence-corrected chi connectivity index (χ0v) is 16.5. The zero-order chi connectivity index (χ0) is 20.1. The summed E-state index contributed by atoms with van der Waals surface area (Å²) in [5, 5.41) is 13.2. The van der Waals surface area contributed by atoms with Crippen molar-refractivity contribution in [2.24, 2.45) is 0 Å². The Labute approximate surface area is 172 Å². The first kappa shape index (κ1) is 18.9. The largest absolute Gasteiger partial charge is 0.325 e. The minimum Gasteiger partial charge on any atom is -0.325 e. The molecule has 0 radical (unpaired) electrons. The summed E-state index contributed by atoms with van der Waals surface area (Å²) in [6, 6.07) is 21.3. The van der Waals surface area contributed by atoms with Crippen molar-refractivity contribution >= 4 is 34.3 Å². The molecule has 0 atom stereocenters. The van der Waals surface area contributed by atoms with Gasteiger partial charge >= 0.3 is 0 Å². The van der Waals surface area contributed by atoms with Gasteiger partial charge in [0.25, 0.3) is 0 Å². The average Bonchev–Trinajstić information content (AvgIpc) is 3.15. The number of benzene rings is 2. The fraction of sp³-hybridized carbons (Fsp3) is 0.0909. The van der Waals surface area contributed by atoms with Gasteiger partial charge in [-0.3, -0.25) is 9.36 Å². The van der Waals surface area contributed by atoms with Gasteiger partial charge in [-0.25, -0.2) is 4.98 Å². The number of pyridine rings is 1. The normalized spacial score (nSPS) is 10.8. The number of nitrogens with one attached hydrogen (secondary N) is 1. The maximum atomic E-state index is 12.3. The molecule has 1 N–H and O–H groups in total. The van der Waals surface area contributed by atoms with Crippen LogP contribution < -0.4 is 5.32 Å². The van der Waals surface area contributed by atoms with Gasteiger partial charge in [-0.05, 0) is 24.3 Å². The maximum absolute atomic E-state index is 12.3. The molecule has 4 rings (SSSR count). The fourth-order valence-electron chi connectivity index (χ4n) is 2.92. The van der Waals surface area contributed by atoms with E-state index in [-0.39, 0.29) is 11.7 Å². The van der Waals surface area contributed by atoms with Gasteiger partial charge in [-0.1, -0.05) is 60.3 Å². The van der Waals surface area contributed by atoms with E-state index in [9.17, 15) is 4.79 Å². The Morgan fingerprint density at radius 1 is 1.03 bits per heavy atom. The molecule has 2 aromatic carbocycles. The highest BCUT2D eigenvalue weighted by Gasteiger charge is 2.16. The number of para-hydroxylation sites is 2. The molecule has 0 fully saturated rings. The molecule has 29 heavy (non-hydrogen) atoms. The van der Waals surface area contributed by atoms with Crippen LogP contribution in [0, 0.1) is 0 Å². The number of amides is 1. The third-order valence-electron chi connectivity index (χ3n) is 4.25. The van der Waals surface area contributed by atoms with Crippen LogP contribution in [0.2, 0.25) is 0 Å². The number of hydrogen-bond acceptors (Lipinski definition) is 5. The molecular weight excluding hydrogens is 382 g/mol. The van der Waals surface area contributed by atoms with E-state index in [2.05, 4.69) is 22.1 Å². The molecule has 0 aliphatic rings. The monoisotopic (exact) mass is 401 g/mol. The molecule has 144 valence electrons. The summed E-state index contributed by atoms with van der Waals surface area (Å²) in [4.78, 5) is 17.0. The van der Waals surface area contributed by atoms with Gasteiger partial charge in [-0.15, -0.1) is 16.8 Å². The molecule has 6 nitrogen and oxygen atoms in total. The summed E-state index contributed by atoms with van der Waals surface area (Å²) in [5.41, 5.74) is 2.40. The summed E-state index contributed by atoms with van der Waals surface area (Å²) in [6.07, 6.45) is 1.78. The molecule has 2 heterocycles. The predicted molar refractivity (Wildman–Crippen MR) is 117 cm³/mol. The summed E-state index contributed by atoms with van der Waals surface area (Å²) in [6.45, 7) is 4.35. The summed E-state index contributed by atoms with van der Waals surface area (Å²) < 4.78 is 1.92. The molecule has 2 aromatic heterocycles. The number of hydrogen-bond donors (Lipinski definition) is 1. The standard InChI is InChI=1S/C22H19N5OS/c1-2-14-27-21(19-13-12-16-8-6-7-11-18(16)24-19)25-26-22(27)29-15-20(28)23-17-9-4-3-5-10-17/h2-13H,1,14-15H2,(H,23,28). The van der Waals surface area contributed by atoms with Crippen LogP contribution in [0.3, 0.4) is 0 Å². The van der Waals surface area contributed by atoms with Gasteiger partial charge in [0.1, 0.15) is 5.69 Å². The van der Waals surface area contributed by atoms with Gasteiger partial charge in [0.05, 0.1) is 11.3 Å². The molecule has 0 spiro atoms. The van der Waals surface area contributed by atoms with Crippen LogP contribution in [-0.4, -0.2) is 31.4 Å². The number of rotatable bonds is 7. The van der Waals surface area contributed by atoms with Crippen molar-refractivity contribution in [1.29, 1.82) is 0 Å². The molecule has 0 unspecified atom stereocenters. The second-order valence-corrected chi connectivity index (χ2v) is 7.24. The van der Waals surface area contributed by atoms with Gasteiger partial charge in [-0.2, -0.15) is 0 Å². The van der Waals surface area contributed by atoms with E-state index in [0.29, 0.717) is 17.5 Å². The highest BCUT2D eigenvalue weighted by molar-refractivity contribution is 7.99. The SMILES string of the molecule is C=CCn1c(SCC(=O)Nc2ccccc2)nnc1-c1ccc2ccccc2n1. The lowest BCUT2D eigenvalue weighted by atomic mass is 10.2. The summed E-state index contributed by atoms with van der Waals surface area (Å²) in [5.74, 6) is 0.788. The van der Waals surface area contributed by atoms with Crippen molar-refractivity contribution in [3.05, 3.63) is 79.4 Å². The Balaban J connectivity index is 1.54. The van der Waals surface area contributed by atoms with Crippen LogP contribution in [0.25, 0.3) is 22.4 Å². The van der Waals surface area contributed by atoms with E-state index in [1.165, 1.54) is 11.8 Å². The van der Waals surface area contributed by atoms with E-state index >= 15 is 0 Å². The first-order valence-corrected chi connectivity index (χ1v) is 10.1. The minimum atomic E-state index is -0.0975. The van der Waals surface area contributed by atoms with E-state index in [1.54, 1.807) is 6.08 Å². The third kappa shape index (κ3) is 4.35. The smallest absolute Gasteiger partial charge is 0.234 e. The van der Waals surface area contributed by atoms with Gasteiger partial charge in [0.2, 0.25) is 5.91 Å². The van der Waals surface area contributed by atoms with E-state index in [0.717, 1.165) is 22.3 Å². The lowest BCUT2D eigenvalue weighted by molar-refractivity contribution is -0.113. The van der Waals surface area contributed by atoms with Crippen molar-refractivity contribution in [1.82, 2.24) is 19.7 Å². The Morgan fingerprint density at radius 3 is 2.66 bits per heavy atom. The molecule has 0 bridgehead atoms. The number of carbonyl (C=O) groups excluding carboxylic acids is 1. The van der Waals surface area contributed by atoms with E-state index in [1.807, 2.05) is 71.3 Å². The number of allylic oxidation sites excluding steroid dienone is 1. The maximum Gasteiger partial charge on any atom is 0.234 e. The second kappa shape index (κ2) is 8.70. The Kier molecular flexibility index (Phi) is 5.67. The first-order valence-electron chi connectivity index (χ1n) is 9.12. The molecule has 0 saturated heterocycles. The molecule has 4 aromatic rings. The fourth-order valence-corrected chi connectivity index (χ4v) is 3.67. The van der Waals surface area contributed by atoms with Crippen molar-refractivity contribution in [3.8, 4) is 11.5 Å². The molecular formula is C22H19N5OS. The van der Waals surface area contributed by atoms with Crippen LogP contribution in [0.4, 0.5) is 5.69 Å². The van der Waals surface area contributed by atoms with E-state index in [4.69, 9.17) is 4.98 Å². The molecule has 0 aliphatic carbocycles. The topological polar surface area (TPSA) is 72.7 Å². The Hall–Kier alpha value is -3.45. The number of anilines is 1. The number of fused-ring (bicyclic) bond motifs is 1. The number of aromatic nitrogens is 4. The van der Waals surface area contributed by atoms with Crippen LogP contribution in [0.15, 0.2) is 84.5 Å². The first-order chi connectivity index (χ1) is 14.2. The van der Waals surface area contributed by atoms with Gasteiger partial charge in [0, 0.05) is 17.6 Å². The van der Waals surface area contributed by atoms with Gasteiger partial charge in [0.15, 0.2) is 11.0 Å². The predicted octanol–water partition coefficient (Wildman–Crippen LogP) is 4.41. The van der Waals surface area contributed by atoms with Crippen LogP contribution in [0.1, 0.15) is 0 Å². The minimum absolute atomic E-state index is 0.0975. The molecule has 0 aliphatic heterocycles. The van der Waals surface area contributed by atoms with Crippen LogP contribution >= 0.6 is 11.8 Å². The number of thioether (sulfide) groups is 1. The van der Waals surface area contributed by atoms with Crippen molar-refractivity contribution < 1.29 is 4.79 Å². The van der Waals surface area contributed by atoms with Gasteiger partial charge < -0.3 is 5.32 Å². The quantitative estimate of drug-likeness (QED) is 0.367. The van der Waals surface area contributed by atoms with Crippen LogP contribution in [0.5, 0.6) is 0 Å². The van der Waals surface area contributed by atoms with Crippen molar-refractivity contribution in [3.63, 3.8) is 0 Å². The molecule has 7 heteroatoms. The molecule has 0 saturated carbocycles. The van der Waals surface area contributed by atoms with Crippen molar-refractivity contribution in [2.45, 2.75) is 11.7 Å². The van der Waals surface area contributed by atoms with Crippen LogP contribution in [-0.2, 0) is 11.3 Å². The van der Waals surface area contributed by atoms with E-state index < -0.39 is 0 Å². The summed E-state index contributed by atoms with van der Waals surface area (Å²) in [7, 11) is 0. The Bertz CT molecular complexity index is 1160. The lowest BCUT2D eigenvalue weighted by Gasteiger charge is -2.08. The molecule has 1 amide bonds. The second-order valence-electron chi connectivity index (χ2n) is 6.30. The summed E-state index contributed by atoms with van der Waals surface area (Å²) >= 11 is 1.34. The van der Waals surface area contributed by atoms with Crippen molar-refractivity contribution in [2.75, 3.05) is 11.1 Å². The number of nitrogens with zero attached hydrogens (tertiary/aromatic N) is 4. The zero-order valence-electron chi connectivity index (χ0n) is 15.7. The third-order valence-corrected chi connectivity index (χ3v) is 5.21. The highest BCUT2D eigenvalue weighted by atomic mass is 32.2. The number of carbonyl (C=O) groups is 1. The highest BCUT2D eigenvalue weighted by Crippen LogP contribution is 2.25.